The minimum absolute atomic E-state index is 0.224. The van der Waals surface area contributed by atoms with Crippen molar-refractivity contribution in [1.82, 2.24) is 24.5 Å². The van der Waals surface area contributed by atoms with E-state index < -0.39 is 0 Å². The third-order valence-corrected chi connectivity index (χ3v) is 27.3. The van der Waals surface area contributed by atoms with Gasteiger partial charge in [-0.1, -0.05) is 230 Å². The van der Waals surface area contributed by atoms with Gasteiger partial charge in [-0.2, -0.15) is 0 Å². The summed E-state index contributed by atoms with van der Waals surface area (Å²) in [7, 11) is 0. The molecule has 0 spiro atoms. The number of morpholine rings is 5. The Morgan fingerprint density at radius 3 is 1.12 bits per heavy atom. The smallest absolute Gasteiger partial charge is 0.120 e. The Hall–Kier alpha value is -5.50. The van der Waals surface area contributed by atoms with E-state index in [0.29, 0.717) is 75.0 Å². The molecule has 0 radical (unpaired) electrons. The highest BCUT2D eigenvalue weighted by atomic mass is 79.9. The van der Waals surface area contributed by atoms with Crippen molar-refractivity contribution in [3.63, 3.8) is 0 Å². The zero-order chi connectivity index (χ0) is 82.9. The van der Waals surface area contributed by atoms with E-state index >= 15 is 0 Å². The lowest BCUT2D eigenvalue weighted by Crippen LogP contribution is -2.51. The van der Waals surface area contributed by atoms with Crippen LogP contribution >= 0.6 is 31.9 Å². The number of aliphatic hydroxyl groups is 1. The van der Waals surface area contributed by atoms with Gasteiger partial charge < -0.3 is 57.2 Å². The summed E-state index contributed by atoms with van der Waals surface area (Å²) in [5.41, 5.74) is 3.94. The van der Waals surface area contributed by atoms with Crippen LogP contribution in [-0.2, 0) is 61.9 Å². The number of aliphatic hydroxyl groups excluding tert-OH is 1. The van der Waals surface area contributed by atoms with Crippen molar-refractivity contribution in [1.29, 1.82) is 0 Å². The zero-order valence-corrected chi connectivity index (χ0v) is 75.6. The molecule has 8 aromatic carbocycles. The fourth-order valence-corrected chi connectivity index (χ4v) is 20.2. The van der Waals surface area contributed by atoms with Gasteiger partial charge in [-0.3, -0.25) is 24.5 Å². The first kappa shape index (κ1) is 93.1. The van der Waals surface area contributed by atoms with E-state index in [1.807, 2.05) is 54.6 Å². The second-order valence-electron chi connectivity index (χ2n) is 34.2. The highest BCUT2D eigenvalue weighted by Crippen LogP contribution is 2.33. The number of halogens is 2. The number of hydrogen-bond acceptors (Lipinski definition) is 17. The van der Waals surface area contributed by atoms with Gasteiger partial charge in [0.25, 0.3) is 0 Å². The average molecular weight is 1790 g/mol. The fourth-order valence-electron chi connectivity index (χ4n) is 19.6. The Bertz CT molecular complexity index is 4110. The van der Waals surface area contributed by atoms with Crippen LogP contribution in [-0.4, -0.2) is 262 Å². The molecule has 8 aromatic rings. The molecule has 1 N–H and O–H groups in total. The molecule has 8 atom stereocenters. The summed E-state index contributed by atoms with van der Waals surface area (Å²) in [5, 5.41) is 16.4. The summed E-state index contributed by atoms with van der Waals surface area (Å²) in [5.74, 6) is 1.81. The number of benzene rings is 8. The van der Waals surface area contributed by atoms with Crippen molar-refractivity contribution in [3.8, 4) is 11.5 Å². The standard InChI is InChI=1S/C22H29NO3.2C22H29NO2.C18H26BrNO3.C10H19NO.C8H9BrO/c1-2-6-19-17-20(10-9-18(19)5-1)25-15-16-26-22-8-4-3-7-21(22)23-11-13-24-14-12-23;1-2-9-20-18(6-1)7-5-8-19(20)12-15-25-22-11-4-3-10-21(22)23-13-16-24-17-14-23;1-2-6-20-17-18(9-10-19(20)5-1)11-14-25-22-8-4-3-7-21(22)23-12-15-24-16-13-23;19-15-5-7-16(8-6-15)22-13-14-23-18-4-2-1-3-17(18)20-9-11-21-12-10-20;1-2-4-10(5-3-1)11-6-8-12-9-7-11;9-8-3-1-7(2-4-8)5-6-10/h1-2,5-6,9-10,17,21-22H,3-4,7-8,11-16H2;1-2,5-9,21-22H,3-4,10-17H2;1-2,5-6,9-10,17,21-22H,3-4,7-8,11-16H2;5-8,17-18H,1-4,9-14H2;10H,1-9H2;1-4,10H,5-6H2. The molecular formula is C102H141Br2N5O12. The number of rotatable bonds is 25. The Morgan fingerprint density at radius 2 is 0.645 bits per heavy atom. The molecule has 10 fully saturated rings. The lowest BCUT2D eigenvalue weighted by Gasteiger charge is -2.41. The molecule has 5 heterocycles. The molecule has 5 saturated carbocycles. The van der Waals surface area contributed by atoms with Crippen molar-refractivity contribution in [2.45, 2.75) is 209 Å². The van der Waals surface area contributed by atoms with E-state index in [-0.39, 0.29) is 6.61 Å². The minimum Gasteiger partial charge on any atom is -0.491 e. The molecule has 5 saturated heterocycles. The minimum atomic E-state index is 0.224. The van der Waals surface area contributed by atoms with E-state index in [1.165, 1.54) is 191 Å². The molecule has 5 aliphatic carbocycles. The van der Waals surface area contributed by atoms with Crippen LogP contribution in [0.5, 0.6) is 11.5 Å². The molecule has 0 aromatic heterocycles. The molecule has 8 unspecified atom stereocenters. The van der Waals surface area contributed by atoms with E-state index in [9.17, 15) is 0 Å². The van der Waals surface area contributed by atoms with Gasteiger partial charge in [0.1, 0.15) is 24.7 Å². The molecule has 18 rings (SSSR count). The number of fused-ring (bicyclic) bond motifs is 3. The zero-order valence-electron chi connectivity index (χ0n) is 72.4. The Labute approximate surface area is 740 Å². The summed E-state index contributed by atoms with van der Waals surface area (Å²) in [6.45, 7) is 24.0. The van der Waals surface area contributed by atoms with Gasteiger partial charge in [0.15, 0.2) is 0 Å². The van der Waals surface area contributed by atoms with Crippen molar-refractivity contribution in [2.75, 3.05) is 178 Å². The highest BCUT2D eigenvalue weighted by molar-refractivity contribution is 9.10. The van der Waals surface area contributed by atoms with Crippen LogP contribution in [0, 0.1) is 0 Å². The predicted molar refractivity (Wildman–Crippen MR) is 496 cm³/mol. The monoisotopic (exact) mass is 1790 g/mol. The lowest BCUT2D eigenvalue weighted by atomic mass is 9.91. The summed E-state index contributed by atoms with van der Waals surface area (Å²) in [4.78, 5) is 13.0. The van der Waals surface area contributed by atoms with Gasteiger partial charge >= 0.3 is 0 Å². The van der Waals surface area contributed by atoms with Crippen molar-refractivity contribution in [2.24, 2.45) is 0 Å². The van der Waals surface area contributed by atoms with Crippen LogP contribution in [0.25, 0.3) is 32.3 Å². The normalized spacial score (nSPS) is 24.4. The molecule has 10 aliphatic rings. The predicted octanol–water partition coefficient (Wildman–Crippen LogP) is 19.1. The van der Waals surface area contributed by atoms with Crippen LogP contribution in [0.2, 0.25) is 0 Å². The van der Waals surface area contributed by atoms with Crippen molar-refractivity contribution >= 4 is 64.2 Å². The van der Waals surface area contributed by atoms with Crippen LogP contribution in [0.1, 0.15) is 152 Å². The summed E-state index contributed by atoms with van der Waals surface area (Å²) in [6, 6.07) is 64.3. The third kappa shape index (κ3) is 30.9. The van der Waals surface area contributed by atoms with E-state index in [1.54, 1.807) is 0 Å². The third-order valence-electron chi connectivity index (χ3n) is 26.2. The van der Waals surface area contributed by atoms with E-state index in [2.05, 4.69) is 178 Å². The first-order valence-corrected chi connectivity index (χ1v) is 48.3. The first-order valence-electron chi connectivity index (χ1n) is 46.7. The Morgan fingerprint density at radius 1 is 0.289 bits per heavy atom. The summed E-state index contributed by atoms with van der Waals surface area (Å²) >= 11 is 6.76. The summed E-state index contributed by atoms with van der Waals surface area (Å²) < 4.78 is 66.4. The maximum Gasteiger partial charge on any atom is 0.120 e. The second kappa shape index (κ2) is 53.2. The first-order chi connectivity index (χ1) is 59.8. The molecule has 19 heteroatoms. The van der Waals surface area contributed by atoms with Gasteiger partial charge in [0.2, 0.25) is 0 Å². The average Bonchev–Trinajstić information content (AvgIpc) is 0.641. The van der Waals surface area contributed by atoms with Gasteiger partial charge in [-0.15, -0.1) is 0 Å². The topological polar surface area (TPSA) is 138 Å². The molecule has 660 valence electrons. The maximum atomic E-state index is 8.58. The highest BCUT2D eigenvalue weighted by Gasteiger charge is 2.36. The maximum absolute atomic E-state index is 8.58. The van der Waals surface area contributed by atoms with Crippen molar-refractivity contribution in [3.05, 3.63) is 202 Å². The summed E-state index contributed by atoms with van der Waals surface area (Å²) in [6.07, 6.45) is 31.7. The van der Waals surface area contributed by atoms with Gasteiger partial charge in [-0.05, 0) is 181 Å². The number of nitrogens with zero attached hydrogens (tertiary/aromatic N) is 5. The fraction of sp³-hybridized carbons (Fsp3) is 0.588. The quantitative estimate of drug-likeness (QED) is 0.0543. The Balaban J connectivity index is 0.000000129. The molecule has 0 bridgehead atoms. The molecule has 0 amide bonds. The van der Waals surface area contributed by atoms with Crippen LogP contribution in [0.4, 0.5) is 0 Å². The van der Waals surface area contributed by atoms with Gasteiger partial charge in [0.05, 0.1) is 117 Å². The number of hydrogen-bond donors (Lipinski definition) is 1. The molecule has 17 nitrogen and oxygen atoms in total. The van der Waals surface area contributed by atoms with Crippen LogP contribution < -0.4 is 9.47 Å². The molecule has 5 aliphatic heterocycles. The van der Waals surface area contributed by atoms with Crippen LogP contribution in [0.15, 0.2) is 185 Å². The van der Waals surface area contributed by atoms with Gasteiger partial charge in [-0.25, -0.2) is 0 Å². The Kier molecular flexibility index (Phi) is 41.0. The number of ether oxygens (including phenoxy) is 11. The van der Waals surface area contributed by atoms with Gasteiger partial charge in [0, 0.05) is 111 Å². The van der Waals surface area contributed by atoms with Crippen molar-refractivity contribution < 1.29 is 57.2 Å². The molecule has 121 heavy (non-hydrogen) atoms. The largest absolute Gasteiger partial charge is 0.491 e. The van der Waals surface area contributed by atoms with E-state index in [0.717, 1.165) is 184 Å². The molecular weight excluding hydrogens is 1650 g/mol. The van der Waals surface area contributed by atoms with E-state index in [4.69, 9.17) is 57.2 Å². The van der Waals surface area contributed by atoms with Crippen LogP contribution in [0.3, 0.4) is 0 Å². The second-order valence-corrected chi connectivity index (χ2v) is 36.0. The lowest BCUT2D eigenvalue weighted by molar-refractivity contribution is -0.0699. The SMILES string of the molecule is Brc1ccc(OCCOC2CCCCC2N2CCOCC2)cc1.C1CCC(N2CCOCC2)CC1.OCCc1ccc(Br)cc1.c1ccc2c(CCOC3CCCCC3N3CCOCC3)cccc2c1.c1ccc2cc(CCOC3CCCCC3N3CCOCC3)ccc2c1.c1ccc2cc(OCCOC3CCCCC3N3CCOCC3)ccc2c1.